The highest BCUT2D eigenvalue weighted by Gasteiger charge is 2.22. The number of carbonyl (C=O) groups excluding carboxylic acids is 1. The van der Waals surface area contributed by atoms with Crippen molar-refractivity contribution in [3.8, 4) is 17.6 Å². The summed E-state index contributed by atoms with van der Waals surface area (Å²) in [6, 6.07) is 12.5. The molecule has 0 aromatic heterocycles. The van der Waals surface area contributed by atoms with Crippen LogP contribution >= 0.6 is 23.2 Å². The van der Waals surface area contributed by atoms with Crippen LogP contribution in [0.25, 0.3) is 6.08 Å². The Bertz CT molecular complexity index is 977. The maximum atomic E-state index is 12.6. The number of hydrogen-bond donors (Lipinski definition) is 0. The Morgan fingerprint density at radius 1 is 1.24 bits per heavy atom. The number of para-hydroxylation sites is 1. The monoisotopic (exact) mass is 430 g/mol. The Morgan fingerprint density at radius 2 is 2.00 bits per heavy atom. The molecule has 5 nitrogen and oxygen atoms in total. The zero-order valence-corrected chi connectivity index (χ0v) is 17.5. The number of carbonyl (C=O) groups is 1. The van der Waals surface area contributed by atoms with E-state index in [1.54, 1.807) is 47.4 Å². The van der Waals surface area contributed by atoms with E-state index in [0.717, 1.165) is 18.4 Å². The number of halogens is 2. The van der Waals surface area contributed by atoms with Crippen molar-refractivity contribution in [2.24, 2.45) is 0 Å². The smallest absolute Gasteiger partial charge is 0.264 e. The molecule has 0 saturated carbocycles. The van der Waals surface area contributed by atoms with Crippen molar-refractivity contribution >= 4 is 35.2 Å². The third kappa shape index (κ3) is 5.03. The predicted octanol–water partition coefficient (Wildman–Crippen LogP) is 5.11. The third-order valence-electron chi connectivity index (χ3n) is 4.66. The lowest BCUT2D eigenvalue weighted by Gasteiger charge is -2.16. The van der Waals surface area contributed by atoms with E-state index in [1.807, 2.05) is 6.07 Å². The van der Waals surface area contributed by atoms with Gasteiger partial charge < -0.3 is 14.4 Å². The number of amides is 1. The number of nitrogens with zero attached hydrogens (tertiary/aromatic N) is 2. The third-order valence-corrected chi connectivity index (χ3v) is 5.25. The van der Waals surface area contributed by atoms with Crippen LogP contribution in [0.5, 0.6) is 11.5 Å². The van der Waals surface area contributed by atoms with Crippen molar-refractivity contribution in [3.63, 3.8) is 0 Å². The van der Waals surface area contributed by atoms with Crippen LogP contribution in [-0.2, 0) is 11.4 Å². The van der Waals surface area contributed by atoms with Crippen LogP contribution in [0.2, 0.25) is 10.0 Å². The SMILES string of the molecule is COc1cccc(/C=C(\C#N)C(=O)N2CCCC2)c1OCc1ccc(Cl)cc1Cl. The largest absolute Gasteiger partial charge is 0.493 e. The van der Waals surface area contributed by atoms with Crippen molar-refractivity contribution in [2.45, 2.75) is 19.4 Å². The molecule has 150 valence electrons. The van der Waals surface area contributed by atoms with Crippen molar-refractivity contribution in [3.05, 3.63) is 63.1 Å². The molecule has 0 bridgehead atoms. The zero-order valence-electron chi connectivity index (χ0n) is 16.0. The number of hydrogen-bond acceptors (Lipinski definition) is 4. The first-order valence-electron chi connectivity index (χ1n) is 9.18. The van der Waals surface area contributed by atoms with Crippen molar-refractivity contribution < 1.29 is 14.3 Å². The average molecular weight is 431 g/mol. The van der Waals surface area contributed by atoms with Crippen molar-refractivity contribution in [2.75, 3.05) is 20.2 Å². The van der Waals surface area contributed by atoms with Crippen molar-refractivity contribution in [1.82, 2.24) is 4.90 Å². The summed E-state index contributed by atoms with van der Waals surface area (Å²) >= 11 is 12.2. The summed E-state index contributed by atoms with van der Waals surface area (Å²) in [6.45, 7) is 1.53. The minimum absolute atomic E-state index is 0.0644. The molecular weight excluding hydrogens is 411 g/mol. The summed E-state index contributed by atoms with van der Waals surface area (Å²) in [6.07, 6.45) is 3.46. The highest BCUT2D eigenvalue weighted by atomic mass is 35.5. The van der Waals surface area contributed by atoms with Crippen LogP contribution in [0.4, 0.5) is 0 Å². The topological polar surface area (TPSA) is 62.6 Å². The Labute approximate surface area is 180 Å². The lowest BCUT2D eigenvalue weighted by Crippen LogP contribution is -2.28. The summed E-state index contributed by atoms with van der Waals surface area (Å²) in [7, 11) is 1.53. The van der Waals surface area contributed by atoms with Gasteiger partial charge in [0.2, 0.25) is 0 Å². The molecule has 0 spiro atoms. The van der Waals surface area contributed by atoms with Gasteiger partial charge in [0.1, 0.15) is 18.2 Å². The Morgan fingerprint density at radius 3 is 2.66 bits per heavy atom. The van der Waals surface area contributed by atoms with Crippen molar-refractivity contribution in [1.29, 1.82) is 5.26 Å². The van der Waals surface area contributed by atoms with E-state index in [0.29, 0.717) is 40.2 Å². The van der Waals surface area contributed by atoms with Gasteiger partial charge >= 0.3 is 0 Å². The van der Waals surface area contributed by atoms with Gasteiger partial charge in [0.25, 0.3) is 5.91 Å². The maximum absolute atomic E-state index is 12.6. The molecule has 1 aliphatic rings. The van der Waals surface area contributed by atoms with E-state index in [1.165, 1.54) is 7.11 Å². The molecular formula is C22H20Cl2N2O3. The molecule has 0 N–H and O–H groups in total. The summed E-state index contributed by atoms with van der Waals surface area (Å²) < 4.78 is 11.4. The van der Waals surface area contributed by atoms with Gasteiger partial charge in [-0.25, -0.2) is 0 Å². The molecule has 0 aliphatic carbocycles. The number of nitriles is 1. The van der Waals surface area contributed by atoms with Crippen LogP contribution < -0.4 is 9.47 Å². The fourth-order valence-corrected chi connectivity index (χ4v) is 3.60. The molecule has 2 aromatic rings. The van der Waals surface area contributed by atoms with E-state index in [-0.39, 0.29) is 18.1 Å². The number of methoxy groups -OCH3 is 1. The summed E-state index contributed by atoms with van der Waals surface area (Å²) in [5.74, 6) is 0.664. The molecule has 1 heterocycles. The minimum atomic E-state index is -0.264. The second-order valence-corrected chi connectivity index (χ2v) is 7.42. The second-order valence-electron chi connectivity index (χ2n) is 6.57. The maximum Gasteiger partial charge on any atom is 0.264 e. The van der Waals surface area contributed by atoms with Crippen LogP contribution in [0.1, 0.15) is 24.0 Å². The molecule has 7 heteroatoms. The molecule has 1 saturated heterocycles. The van der Waals surface area contributed by atoms with Gasteiger partial charge in [-0.3, -0.25) is 4.79 Å². The molecule has 3 rings (SSSR count). The molecule has 1 aliphatic heterocycles. The van der Waals surface area contributed by atoms with Gasteiger partial charge in [0, 0.05) is 34.3 Å². The highest BCUT2D eigenvalue weighted by Crippen LogP contribution is 2.34. The summed E-state index contributed by atoms with van der Waals surface area (Å²) in [4.78, 5) is 14.3. The summed E-state index contributed by atoms with van der Waals surface area (Å²) in [5.41, 5.74) is 1.40. The van der Waals surface area contributed by atoms with Gasteiger partial charge in [-0.15, -0.1) is 0 Å². The second kappa shape index (κ2) is 9.69. The molecule has 29 heavy (non-hydrogen) atoms. The number of rotatable bonds is 6. The Kier molecular flexibility index (Phi) is 7.03. The predicted molar refractivity (Wildman–Crippen MR) is 113 cm³/mol. The number of benzene rings is 2. The van der Waals surface area contributed by atoms with E-state index in [2.05, 4.69) is 0 Å². The first-order valence-corrected chi connectivity index (χ1v) is 9.94. The van der Waals surface area contributed by atoms with Crippen LogP contribution in [0.15, 0.2) is 42.0 Å². The van der Waals surface area contributed by atoms with Gasteiger partial charge in [-0.1, -0.05) is 41.4 Å². The van der Waals surface area contributed by atoms with Crippen LogP contribution in [-0.4, -0.2) is 31.0 Å². The van der Waals surface area contributed by atoms with Gasteiger partial charge in [-0.05, 0) is 37.1 Å². The van der Waals surface area contributed by atoms with Gasteiger partial charge in [0.15, 0.2) is 11.5 Å². The highest BCUT2D eigenvalue weighted by molar-refractivity contribution is 6.35. The first kappa shape index (κ1) is 21.0. The van der Waals surface area contributed by atoms with E-state index in [9.17, 15) is 10.1 Å². The Hall–Kier alpha value is -2.68. The van der Waals surface area contributed by atoms with Gasteiger partial charge in [0.05, 0.1) is 7.11 Å². The molecule has 0 atom stereocenters. The fourth-order valence-electron chi connectivity index (χ4n) is 3.14. The number of likely N-dealkylation sites (tertiary alicyclic amines) is 1. The standard InChI is InChI=1S/C22H20Cl2N2O3/c1-28-20-6-4-5-15(11-17(13-25)22(27)26-9-2-3-10-26)21(20)29-14-16-7-8-18(23)12-19(16)24/h4-8,11-12H,2-3,9-10,14H2,1H3/b17-11+. The Balaban J connectivity index is 1.90. The van der Waals surface area contributed by atoms with E-state index < -0.39 is 0 Å². The van der Waals surface area contributed by atoms with Crippen LogP contribution in [0, 0.1) is 11.3 Å². The summed E-state index contributed by atoms with van der Waals surface area (Å²) in [5, 5.41) is 10.6. The number of ether oxygens (including phenoxy) is 2. The van der Waals surface area contributed by atoms with E-state index in [4.69, 9.17) is 32.7 Å². The molecule has 0 radical (unpaired) electrons. The molecule has 0 unspecified atom stereocenters. The lowest BCUT2D eigenvalue weighted by atomic mass is 10.1. The average Bonchev–Trinajstić information content (AvgIpc) is 3.26. The van der Waals surface area contributed by atoms with Gasteiger partial charge in [-0.2, -0.15) is 5.26 Å². The minimum Gasteiger partial charge on any atom is -0.493 e. The molecule has 1 fully saturated rings. The fraction of sp³-hybridized carbons (Fsp3) is 0.273. The van der Waals surface area contributed by atoms with Crippen LogP contribution in [0.3, 0.4) is 0 Å². The molecule has 1 amide bonds. The zero-order chi connectivity index (χ0) is 20.8. The van der Waals surface area contributed by atoms with E-state index >= 15 is 0 Å². The normalized spacial score (nSPS) is 13.9. The lowest BCUT2D eigenvalue weighted by molar-refractivity contribution is -0.125. The molecule has 2 aromatic carbocycles. The quantitative estimate of drug-likeness (QED) is 0.471. The first-order chi connectivity index (χ1) is 14.0.